The van der Waals surface area contributed by atoms with Crippen molar-refractivity contribution < 1.29 is 38.7 Å². The second kappa shape index (κ2) is 33.4. The third kappa shape index (κ3) is 24.7. The number of hydrogen-bond acceptors (Lipinski definition) is 14. The van der Waals surface area contributed by atoms with Gasteiger partial charge in [-0.2, -0.15) is 12.6 Å². The van der Waals surface area contributed by atoms with E-state index in [1.807, 2.05) is 0 Å². The lowest BCUT2D eigenvalue weighted by atomic mass is 10.0. The number of carboxylic acids is 1. The Kier molecular flexibility index (Phi) is 31.0. The predicted molar refractivity (Wildman–Crippen MR) is 237 cm³/mol. The van der Waals surface area contributed by atoms with Crippen molar-refractivity contribution in [2.45, 2.75) is 146 Å². The van der Waals surface area contributed by atoms with E-state index >= 15 is 0 Å². The fourth-order valence-electron chi connectivity index (χ4n) is 6.03. The molecule has 0 bridgehead atoms. The summed E-state index contributed by atoms with van der Waals surface area (Å²) in [4.78, 5) is 97.3. The molecule has 0 fully saturated rings. The Labute approximate surface area is 365 Å². The Hall–Kier alpha value is -4.29. The van der Waals surface area contributed by atoms with E-state index in [2.05, 4.69) is 49.5 Å². The van der Waals surface area contributed by atoms with E-state index in [1.54, 1.807) is 13.8 Å². The lowest BCUT2D eigenvalue weighted by molar-refractivity contribution is -0.142. The zero-order chi connectivity index (χ0) is 46.3. The van der Waals surface area contributed by atoms with Gasteiger partial charge in [0.15, 0.2) is 5.96 Å². The molecule has 0 saturated heterocycles. The summed E-state index contributed by atoms with van der Waals surface area (Å²) in [6, 6.07) is -8.03. The Morgan fingerprint density at radius 3 is 1.20 bits per heavy atom. The minimum Gasteiger partial charge on any atom is -0.480 e. The van der Waals surface area contributed by atoms with Crippen LogP contribution >= 0.6 is 12.6 Å². The van der Waals surface area contributed by atoms with Crippen LogP contribution < -0.4 is 72.0 Å². The molecule has 21 N–H and O–H groups in total. The number of nitrogens with one attached hydrogen (secondary N) is 6. The molecular weight excluding hydrogens is 813 g/mol. The number of unbranched alkanes of at least 4 members (excludes halogenated alkanes) is 4. The van der Waals surface area contributed by atoms with E-state index in [9.17, 15) is 38.7 Å². The molecule has 0 heterocycles. The predicted octanol–water partition coefficient (Wildman–Crippen LogP) is -3.54. The first kappa shape index (κ1) is 56.7. The van der Waals surface area contributed by atoms with Crippen LogP contribution in [-0.4, -0.2) is 133 Å². The molecule has 0 aliphatic rings. The number of hydrogen-bond donors (Lipinski definition) is 15. The molecule has 0 radical (unpaired) electrons. The van der Waals surface area contributed by atoms with Crippen molar-refractivity contribution in [2.24, 2.45) is 51.0 Å². The molecule has 352 valence electrons. The Bertz CT molecular complexity index is 1370. The maximum absolute atomic E-state index is 14.1. The average molecular weight is 889 g/mol. The molecule has 22 nitrogen and oxygen atoms in total. The fourth-order valence-corrected chi connectivity index (χ4v) is 6.28. The first-order valence-electron chi connectivity index (χ1n) is 21.2. The van der Waals surface area contributed by atoms with Gasteiger partial charge in [0.2, 0.25) is 35.4 Å². The number of carbonyl (C=O) groups is 7. The van der Waals surface area contributed by atoms with Crippen LogP contribution in [-0.2, 0) is 33.6 Å². The van der Waals surface area contributed by atoms with E-state index in [1.165, 1.54) is 0 Å². The van der Waals surface area contributed by atoms with Gasteiger partial charge in [0.05, 0.1) is 6.04 Å². The molecule has 0 aromatic heterocycles. The molecule has 0 saturated carbocycles. The highest BCUT2D eigenvalue weighted by molar-refractivity contribution is 7.80. The van der Waals surface area contributed by atoms with Crippen LogP contribution in [0.3, 0.4) is 0 Å². The monoisotopic (exact) mass is 889 g/mol. The minimum absolute atomic E-state index is 0.00606. The summed E-state index contributed by atoms with van der Waals surface area (Å²) in [5.41, 5.74) is 39.8. The van der Waals surface area contributed by atoms with Crippen molar-refractivity contribution in [1.29, 1.82) is 0 Å². The van der Waals surface area contributed by atoms with E-state index in [4.69, 9.17) is 40.1 Å². The fraction of sp³-hybridized carbons (Fsp3) is 0.789. The Balaban J connectivity index is 6.55. The molecule has 0 aromatic rings. The number of nitrogens with zero attached hydrogens (tertiary/aromatic N) is 1. The third-order valence-corrected chi connectivity index (χ3v) is 10.0. The van der Waals surface area contributed by atoms with Gasteiger partial charge in [-0.15, -0.1) is 0 Å². The smallest absolute Gasteiger partial charge is 0.327 e. The number of guanidine groups is 1. The molecule has 0 spiro atoms. The summed E-state index contributed by atoms with van der Waals surface area (Å²) in [7, 11) is 0. The number of carbonyl (C=O) groups excluding carboxylic acids is 6. The first-order valence-corrected chi connectivity index (χ1v) is 21.9. The molecular formula is C38H76N14O8S. The maximum atomic E-state index is 14.1. The van der Waals surface area contributed by atoms with Crippen molar-refractivity contribution in [3.05, 3.63) is 0 Å². The number of thiol groups is 1. The van der Waals surface area contributed by atoms with Gasteiger partial charge in [-0.05, 0) is 116 Å². The summed E-state index contributed by atoms with van der Waals surface area (Å²) in [5, 5.41) is 25.3. The molecule has 23 heteroatoms. The number of rotatable bonds is 35. The standard InChI is InChI=1S/C38H76N14O8S/c1-23(2)30(36(58)51-29(22-61)37(59)60)52-35(57)27(15-6-10-20-42)49-34(56)28(16-11-21-46-38(44)45)50-33(55)26(14-5-9-19-41)48-32(54)25(13-4-8-18-40)47-31(53)24(43)12-3-7-17-39/h23-30,61H,3-22,39-43H2,1-2H3,(H,47,53)(H,48,54)(H,49,56)(H,50,55)(H,51,58)(H,52,57)(H,59,60)(H4,44,45,46)/t24-,25-,26-,27-,28-,29-,30-/m0/s1. The molecule has 0 rings (SSSR count). The minimum atomic E-state index is -1.31. The molecule has 0 aliphatic heterocycles. The zero-order valence-electron chi connectivity index (χ0n) is 36.0. The average Bonchev–Trinajstić information content (AvgIpc) is 3.21. The number of amides is 6. The van der Waals surface area contributed by atoms with Gasteiger partial charge in [-0.1, -0.05) is 20.3 Å². The molecule has 0 unspecified atom stereocenters. The summed E-state index contributed by atoms with van der Waals surface area (Å²) in [6.45, 7) is 4.86. The normalized spacial score (nSPS) is 14.6. The topological polar surface area (TPSA) is 406 Å². The van der Waals surface area contributed by atoms with Gasteiger partial charge in [-0.25, -0.2) is 4.79 Å². The van der Waals surface area contributed by atoms with Gasteiger partial charge in [0.1, 0.15) is 36.3 Å². The van der Waals surface area contributed by atoms with Crippen molar-refractivity contribution in [3.63, 3.8) is 0 Å². The van der Waals surface area contributed by atoms with E-state index in [-0.39, 0.29) is 50.4 Å². The highest BCUT2D eigenvalue weighted by Crippen LogP contribution is 2.11. The second-order valence-electron chi connectivity index (χ2n) is 15.3. The van der Waals surface area contributed by atoms with Crippen molar-refractivity contribution >= 4 is 60.0 Å². The van der Waals surface area contributed by atoms with E-state index in [0.717, 1.165) is 0 Å². The largest absolute Gasteiger partial charge is 0.480 e. The van der Waals surface area contributed by atoms with Gasteiger partial charge in [-0.3, -0.25) is 33.8 Å². The van der Waals surface area contributed by atoms with Crippen LogP contribution in [0.2, 0.25) is 0 Å². The maximum Gasteiger partial charge on any atom is 0.327 e. The lowest BCUT2D eigenvalue weighted by Gasteiger charge is -2.28. The van der Waals surface area contributed by atoms with Crippen LogP contribution in [0.25, 0.3) is 0 Å². The van der Waals surface area contributed by atoms with Crippen molar-refractivity contribution in [2.75, 3.05) is 38.5 Å². The highest BCUT2D eigenvalue weighted by Gasteiger charge is 2.34. The SMILES string of the molecule is CC(C)[C@H](NC(=O)[C@H](CCCCN)NC(=O)[C@H](CCCN=C(N)N)NC(=O)[C@H](CCCCN)NC(=O)[C@H](CCCCN)NC(=O)[C@@H](N)CCCCN)C(=O)N[C@@H](CS)C(=O)O. The number of aliphatic imine (C=N–C) groups is 1. The summed E-state index contributed by atoms with van der Waals surface area (Å²) >= 11 is 3.98. The summed E-state index contributed by atoms with van der Waals surface area (Å²) in [5.74, 6) is -6.27. The van der Waals surface area contributed by atoms with E-state index in [0.29, 0.717) is 84.0 Å². The van der Waals surface area contributed by atoms with Gasteiger partial charge in [0.25, 0.3) is 0 Å². The first-order chi connectivity index (χ1) is 29.0. The van der Waals surface area contributed by atoms with Crippen molar-refractivity contribution in [1.82, 2.24) is 31.9 Å². The molecule has 0 aromatic carbocycles. The molecule has 0 aliphatic carbocycles. The molecule has 61 heavy (non-hydrogen) atoms. The van der Waals surface area contributed by atoms with Crippen molar-refractivity contribution in [3.8, 4) is 0 Å². The van der Waals surface area contributed by atoms with E-state index < -0.39 is 89.6 Å². The molecule has 6 amide bonds. The van der Waals surface area contributed by atoms with Crippen LogP contribution in [0, 0.1) is 5.92 Å². The highest BCUT2D eigenvalue weighted by atomic mass is 32.1. The lowest BCUT2D eigenvalue weighted by Crippen LogP contribution is -2.60. The Morgan fingerprint density at radius 1 is 0.508 bits per heavy atom. The number of aliphatic carboxylic acids is 1. The summed E-state index contributed by atoms with van der Waals surface area (Å²) < 4.78 is 0. The second-order valence-corrected chi connectivity index (χ2v) is 15.6. The Morgan fingerprint density at radius 2 is 0.852 bits per heavy atom. The van der Waals surface area contributed by atoms with Gasteiger partial charge >= 0.3 is 5.97 Å². The number of carboxylic acid groups (broad SMARTS) is 1. The van der Waals surface area contributed by atoms with Crippen LogP contribution in [0.1, 0.15) is 104 Å². The third-order valence-electron chi connectivity index (χ3n) is 9.67. The summed E-state index contributed by atoms with van der Waals surface area (Å²) in [6.07, 6.45) is 5.32. The quantitative estimate of drug-likeness (QED) is 0.0127. The van der Waals surface area contributed by atoms with Gasteiger partial charge in [0, 0.05) is 12.3 Å². The molecule has 7 atom stereocenters. The zero-order valence-corrected chi connectivity index (χ0v) is 36.9. The van der Waals surface area contributed by atoms with Gasteiger partial charge < -0.3 is 77.1 Å². The van der Waals surface area contributed by atoms with Crippen LogP contribution in [0.4, 0.5) is 0 Å². The van der Waals surface area contributed by atoms with Crippen LogP contribution in [0.5, 0.6) is 0 Å². The van der Waals surface area contributed by atoms with Crippen LogP contribution in [0.15, 0.2) is 4.99 Å². The number of nitrogens with two attached hydrogens (primary N) is 7.